The van der Waals surface area contributed by atoms with E-state index in [9.17, 15) is 0 Å². The van der Waals surface area contributed by atoms with Crippen LogP contribution in [0.2, 0.25) is 0 Å². The van der Waals surface area contributed by atoms with E-state index in [0.717, 1.165) is 5.56 Å². The Labute approximate surface area is 109 Å². The minimum atomic E-state index is 0.319. The first-order chi connectivity index (χ1) is 9.20. The Kier molecular flexibility index (Phi) is 2.79. The average Bonchev–Trinajstić information content (AvgIpc) is 3.00. The molecule has 7 heteroatoms. The summed E-state index contributed by atoms with van der Waals surface area (Å²) in [4.78, 5) is 5.53. The smallest absolute Gasteiger partial charge is 0.250 e. The third kappa shape index (κ3) is 2.49. The molecule has 0 saturated carbocycles. The lowest BCUT2D eigenvalue weighted by atomic mass is 10.1. The molecule has 96 valence electrons. The quantitative estimate of drug-likeness (QED) is 0.704. The van der Waals surface area contributed by atoms with Crippen molar-refractivity contribution < 1.29 is 4.52 Å². The summed E-state index contributed by atoms with van der Waals surface area (Å²) in [6, 6.07) is 7.95. The summed E-state index contributed by atoms with van der Waals surface area (Å²) in [5.41, 5.74) is 2.12. The van der Waals surface area contributed by atoms with Crippen molar-refractivity contribution in [2.24, 2.45) is 0 Å². The Morgan fingerprint density at radius 1 is 1.16 bits per heavy atom. The minimum absolute atomic E-state index is 0.319. The molecule has 3 rings (SSSR count). The van der Waals surface area contributed by atoms with E-state index >= 15 is 0 Å². The van der Waals surface area contributed by atoms with Crippen LogP contribution in [0.15, 0.2) is 28.8 Å². The van der Waals surface area contributed by atoms with Crippen LogP contribution in [0.3, 0.4) is 0 Å². The maximum absolute atomic E-state index is 5.01. The predicted octanol–water partition coefficient (Wildman–Crippen LogP) is 1.39. The van der Waals surface area contributed by atoms with Crippen LogP contribution in [0, 0.1) is 13.8 Å². The van der Waals surface area contributed by atoms with Crippen molar-refractivity contribution in [2.45, 2.75) is 20.4 Å². The van der Waals surface area contributed by atoms with Gasteiger partial charge in [0.1, 0.15) is 6.54 Å². The number of hydrogen-bond donors (Lipinski definition) is 0. The van der Waals surface area contributed by atoms with Gasteiger partial charge in [-0.05, 0) is 19.1 Å². The van der Waals surface area contributed by atoms with Crippen molar-refractivity contribution in [3.05, 3.63) is 41.5 Å². The highest BCUT2D eigenvalue weighted by Crippen LogP contribution is 2.14. The van der Waals surface area contributed by atoms with Crippen LogP contribution in [0.25, 0.3) is 11.4 Å². The second-order valence-corrected chi connectivity index (χ2v) is 4.24. The van der Waals surface area contributed by atoms with Crippen molar-refractivity contribution in [2.75, 3.05) is 0 Å². The fourth-order valence-corrected chi connectivity index (χ4v) is 1.65. The molecule has 3 aromatic rings. The highest BCUT2D eigenvalue weighted by molar-refractivity contribution is 5.53. The molecule has 2 aromatic heterocycles. The molecule has 0 unspecified atom stereocenters. The third-order valence-electron chi connectivity index (χ3n) is 2.61. The first-order valence-electron chi connectivity index (χ1n) is 5.85. The van der Waals surface area contributed by atoms with Crippen molar-refractivity contribution in [3.63, 3.8) is 0 Å². The topological polar surface area (TPSA) is 82.5 Å². The predicted molar refractivity (Wildman–Crippen MR) is 66.1 cm³/mol. The SMILES string of the molecule is Cc1ccc(-c2nnn(Cc3nc(C)no3)n2)cc1. The van der Waals surface area contributed by atoms with E-state index in [1.54, 1.807) is 6.92 Å². The fourth-order valence-electron chi connectivity index (χ4n) is 1.65. The van der Waals surface area contributed by atoms with E-state index in [1.807, 2.05) is 31.2 Å². The molecule has 19 heavy (non-hydrogen) atoms. The van der Waals surface area contributed by atoms with Gasteiger partial charge in [0.2, 0.25) is 11.7 Å². The zero-order chi connectivity index (χ0) is 13.2. The number of hydrogen-bond acceptors (Lipinski definition) is 6. The standard InChI is InChI=1S/C12H12N6O/c1-8-3-5-10(6-4-8)12-14-17-18(15-12)7-11-13-9(2)16-19-11/h3-6H,7H2,1-2H3. The van der Waals surface area contributed by atoms with Gasteiger partial charge >= 0.3 is 0 Å². The average molecular weight is 256 g/mol. The maximum Gasteiger partial charge on any atom is 0.250 e. The van der Waals surface area contributed by atoms with Gasteiger partial charge in [0.15, 0.2) is 5.82 Å². The zero-order valence-corrected chi connectivity index (χ0v) is 10.6. The molecule has 7 nitrogen and oxygen atoms in total. The summed E-state index contributed by atoms with van der Waals surface area (Å²) in [5, 5.41) is 16.0. The van der Waals surface area contributed by atoms with Gasteiger partial charge in [-0.2, -0.15) is 9.78 Å². The summed E-state index contributed by atoms with van der Waals surface area (Å²) in [7, 11) is 0. The van der Waals surface area contributed by atoms with E-state index in [4.69, 9.17) is 4.52 Å². The van der Waals surface area contributed by atoms with E-state index in [0.29, 0.717) is 24.1 Å². The molecular formula is C12H12N6O. The van der Waals surface area contributed by atoms with Crippen LogP contribution in [0.1, 0.15) is 17.3 Å². The summed E-state index contributed by atoms with van der Waals surface area (Å²) < 4.78 is 5.01. The van der Waals surface area contributed by atoms with Crippen molar-refractivity contribution >= 4 is 0 Å². The van der Waals surface area contributed by atoms with Crippen molar-refractivity contribution in [1.82, 2.24) is 30.3 Å². The van der Waals surface area contributed by atoms with Crippen LogP contribution < -0.4 is 0 Å². The van der Waals surface area contributed by atoms with Crippen molar-refractivity contribution in [1.29, 1.82) is 0 Å². The molecule has 0 radical (unpaired) electrons. The Balaban J connectivity index is 1.81. The van der Waals surface area contributed by atoms with E-state index in [2.05, 4.69) is 25.6 Å². The van der Waals surface area contributed by atoms with Gasteiger partial charge in [-0.25, -0.2) is 0 Å². The zero-order valence-electron chi connectivity index (χ0n) is 10.6. The minimum Gasteiger partial charge on any atom is -0.337 e. The number of rotatable bonds is 3. The van der Waals surface area contributed by atoms with E-state index in [-0.39, 0.29) is 0 Å². The van der Waals surface area contributed by atoms with Gasteiger partial charge in [0.05, 0.1) is 0 Å². The normalized spacial score (nSPS) is 10.8. The van der Waals surface area contributed by atoms with Gasteiger partial charge in [-0.15, -0.1) is 10.2 Å². The lowest BCUT2D eigenvalue weighted by Gasteiger charge is -1.95. The monoisotopic (exact) mass is 256 g/mol. The van der Waals surface area contributed by atoms with Crippen molar-refractivity contribution in [3.8, 4) is 11.4 Å². The molecule has 1 aromatic carbocycles. The summed E-state index contributed by atoms with van der Waals surface area (Å²) in [5.74, 6) is 1.63. The molecule has 0 spiro atoms. The second kappa shape index (κ2) is 4.60. The summed E-state index contributed by atoms with van der Waals surface area (Å²) in [6.45, 7) is 4.12. The molecule has 0 aliphatic heterocycles. The van der Waals surface area contributed by atoms with Gasteiger partial charge in [0, 0.05) is 5.56 Å². The second-order valence-electron chi connectivity index (χ2n) is 4.24. The molecule has 0 aliphatic carbocycles. The molecule has 0 atom stereocenters. The Bertz CT molecular complexity index is 684. The van der Waals surface area contributed by atoms with Crippen LogP contribution in [0.5, 0.6) is 0 Å². The summed E-state index contributed by atoms with van der Waals surface area (Å²) >= 11 is 0. The van der Waals surface area contributed by atoms with Crippen LogP contribution in [-0.2, 0) is 6.54 Å². The van der Waals surface area contributed by atoms with Gasteiger partial charge < -0.3 is 4.52 Å². The van der Waals surface area contributed by atoms with Crippen LogP contribution >= 0.6 is 0 Å². The molecule has 0 bridgehead atoms. The van der Waals surface area contributed by atoms with E-state index < -0.39 is 0 Å². The van der Waals surface area contributed by atoms with Gasteiger partial charge in [-0.1, -0.05) is 35.0 Å². The molecular weight excluding hydrogens is 244 g/mol. The lowest BCUT2D eigenvalue weighted by Crippen LogP contribution is -2.04. The number of nitrogens with zero attached hydrogens (tertiary/aromatic N) is 6. The number of tetrazole rings is 1. The lowest BCUT2D eigenvalue weighted by molar-refractivity contribution is 0.353. The highest BCUT2D eigenvalue weighted by atomic mass is 16.5. The fraction of sp³-hybridized carbons (Fsp3) is 0.250. The Morgan fingerprint density at radius 2 is 1.95 bits per heavy atom. The highest BCUT2D eigenvalue weighted by Gasteiger charge is 2.09. The molecule has 0 amide bonds. The molecule has 2 heterocycles. The first kappa shape index (κ1) is 11.5. The molecule has 0 saturated heterocycles. The largest absolute Gasteiger partial charge is 0.337 e. The molecule has 0 fully saturated rings. The maximum atomic E-state index is 5.01. The van der Waals surface area contributed by atoms with E-state index in [1.165, 1.54) is 10.4 Å². The number of benzene rings is 1. The van der Waals surface area contributed by atoms with Crippen LogP contribution in [0.4, 0.5) is 0 Å². The summed E-state index contributed by atoms with van der Waals surface area (Å²) in [6.07, 6.45) is 0. The van der Waals surface area contributed by atoms with Gasteiger partial charge in [0.25, 0.3) is 0 Å². The molecule has 0 N–H and O–H groups in total. The number of aromatic nitrogens is 6. The number of aryl methyl sites for hydroxylation is 2. The Hall–Kier alpha value is -2.57. The third-order valence-corrected chi connectivity index (χ3v) is 2.61. The first-order valence-corrected chi connectivity index (χ1v) is 5.85. The van der Waals surface area contributed by atoms with Gasteiger partial charge in [-0.3, -0.25) is 0 Å². The molecule has 0 aliphatic rings. The Morgan fingerprint density at radius 3 is 2.63 bits per heavy atom. The van der Waals surface area contributed by atoms with Crippen LogP contribution in [-0.4, -0.2) is 30.3 Å².